The summed E-state index contributed by atoms with van der Waals surface area (Å²) in [7, 11) is 0. The number of likely N-dealkylation sites (N-methyl/N-ethyl adjacent to an activating group) is 1. The molecule has 1 aromatic heterocycles. The molecule has 2 fully saturated rings. The van der Waals surface area contributed by atoms with Gasteiger partial charge in [0.05, 0.1) is 17.6 Å². The Labute approximate surface area is 184 Å². The molecule has 1 saturated heterocycles. The Balaban J connectivity index is 1.41. The van der Waals surface area contributed by atoms with Gasteiger partial charge in [0.2, 0.25) is 0 Å². The van der Waals surface area contributed by atoms with Crippen LogP contribution in [0.2, 0.25) is 0 Å². The van der Waals surface area contributed by atoms with Gasteiger partial charge in [0.25, 0.3) is 0 Å². The van der Waals surface area contributed by atoms with Gasteiger partial charge in [0, 0.05) is 51.0 Å². The average Bonchev–Trinajstić information content (AvgIpc) is 2.94. The molecule has 0 bridgehead atoms. The second-order valence-electron chi connectivity index (χ2n) is 9.31. The van der Waals surface area contributed by atoms with E-state index in [1.165, 1.54) is 0 Å². The first-order chi connectivity index (χ1) is 15.0. The molecular weight excluding hydrogens is 394 g/mol. The van der Waals surface area contributed by atoms with Crippen molar-refractivity contribution in [3.63, 3.8) is 0 Å². The van der Waals surface area contributed by atoms with E-state index in [4.69, 9.17) is 10.1 Å². The van der Waals surface area contributed by atoms with Crippen molar-refractivity contribution in [2.75, 3.05) is 31.1 Å². The van der Waals surface area contributed by atoms with Gasteiger partial charge >= 0.3 is 12.0 Å². The summed E-state index contributed by atoms with van der Waals surface area (Å²) >= 11 is 0. The molecule has 1 unspecified atom stereocenters. The molecule has 1 N–H and O–H groups in total. The van der Waals surface area contributed by atoms with Crippen molar-refractivity contribution in [3.8, 4) is 0 Å². The lowest BCUT2D eigenvalue weighted by Crippen LogP contribution is -2.44. The highest BCUT2D eigenvalue weighted by Crippen LogP contribution is 2.34. The predicted molar refractivity (Wildman–Crippen MR) is 118 cm³/mol. The van der Waals surface area contributed by atoms with E-state index in [1.807, 2.05) is 4.90 Å². The highest BCUT2D eigenvalue weighted by molar-refractivity contribution is 5.93. The summed E-state index contributed by atoms with van der Waals surface area (Å²) in [5.41, 5.74) is 2.10. The molecule has 3 heterocycles. The molecule has 2 amide bonds. The summed E-state index contributed by atoms with van der Waals surface area (Å²) in [6, 6.07) is 0.421. The van der Waals surface area contributed by atoms with Crippen molar-refractivity contribution in [1.82, 2.24) is 19.8 Å². The zero-order valence-electron chi connectivity index (χ0n) is 18.8. The van der Waals surface area contributed by atoms with Crippen molar-refractivity contribution in [2.45, 2.75) is 77.3 Å². The Morgan fingerprint density at radius 1 is 1.16 bits per heavy atom. The van der Waals surface area contributed by atoms with Crippen LogP contribution >= 0.6 is 0 Å². The first-order valence-corrected chi connectivity index (χ1v) is 11.8. The van der Waals surface area contributed by atoms with Crippen LogP contribution < -0.4 is 4.90 Å². The molecule has 3 aliphatic rings. The molecule has 1 atom stereocenters. The maximum atomic E-state index is 13.3. The molecule has 0 radical (unpaired) electrons. The number of carbonyl (C=O) groups is 2. The molecule has 0 aromatic carbocycles. The largest absolute Gasteiger partial charge is 0.481 e. The number of hydrogen-bond acceptors (Lipinski definition) is 5. The summed E-state index contributed by atoms with van der Waals surface area (Å²) < 4.78 is 0. The van der Waals surface area contributed by atoms with Gasteiger partial charge < -0.3 is 14.9 Å². The second-order valence-corrected chi connectivity index (χ2v) is 9.31. The fourth-order valence-corrected chi connectivity index (χ4v) is 5.44. The van der Waals surface area contributed by atoms with Gasteiger partial charge in [0.1, 0.15) is 0 Å². The van der Waals surface area contributed by atoms with Gasteiger partial charge in [-0.15, -0.1) is 0 Å². The highest BCUT2D eigenvalue weighted by Gasteiger charge is 2.41. The smallest absolute Gasteiger partial charge is 0.326 e. The third kappa shape index (κ3) is 4.84. The van der Waals surface area contributed by atoms with Crippen molar-refractivity contribution >= 4 is 17.8 Å². The molecule has 4 rings (SSSR count). The average molecular weight is 430 g/mol. The lowest BCUT2D eigenvalue weighted by molar-refractivity contribution is -0.137. The Morgan fingerprint density at radius 3 is 2.55 bits per heavy atom. The van der Waals surface area contributed by atoms with E-state index in [9.17, 15) is 9.59 Å². The Kier molecular flexibility index (Phi) is 6.74. The van der Waals surface area contributed by atoms with Crippen molar-refractivity contribution in [2.24, 2.45) is 5.92 Å². The number of carboxylic acid groups (broad SMARTS) is 1. The number of carboxylic acids is 1. The lowest BCUT2D eigenvalue weighted by Gasteiger charge is -2.36. The molecule has 170 valence electrons. The zero-order chi connectivity index (χ0) is 22.0. The number of fused-ring (bicyclic) bond motifs is 1. The Bertz CT molecular complexity index is 808. The van der Waals surface area contributed by atoms with Crippen LogP contribution in [0.15, 0.2) is 6.20 Å². The highest BCUT2D eigenvalue weighted by atomic mass is 16.4. The minimum absolute atomic E-state index is 0.0412. The van der Waals surface area contributed by atoms with Gasteiger partial charge in [-0.2, -0.15) is 0 Å². The van der Waals surface area contributed by atoms with Crippen LogP contribution in [0.4, 0.5) is 10.6 Å². The Hall–Kier alpha value is -2.22. The maximum absolute atomic E-state index is 13.3. The van der Waals surface area contributed by atoms with E-state index in [2.05, 4.69) is 23.7 Å². The second kappa shape index (κ2) is 9.51. The molecule has 8 nitrogen and oxygen atoms in total. The number of anilines is 1. The number of aromatic nitrogens is 2. The molecule has 1 aromatic rings. The third-order valence-electron chi connectivity index (χ3n) is 7.32. The molecule has 0 spiro atoms. The van der Waals surface area contributed by atoms with Crippen LogP contribution in [-0.2, 0) is 17.6 Å². The predicted octanol–water partition coefficient (Wildman–Crippen LogP) is 2.95. The summed E-state index contributed by atoms with van der Waals surface area (Å²) in [6.07, 6.45) is 8.48. The standard InChI is InChI=1S/C23H35N5O3/c1-3-26-12-10-19-20(11-13-26)25-21(14-24-19)27-15-16(2)28(23(27)31)18-7-4-17(5-8-18)6-9-22(29)30/h14,16-18H,3-13,15H2,1-2H3,(H,29,30). The fraction of sp³-hybridized carbons (Fsp3) is 0.739. The maximum Gasteiger partial charge on any atom is 0.326 e. The van der Waals surface area contributed by atoms with E-state index in [1.54, 1.807) is 11.1 Å². The van der Waals surface area contributed by atoms with Gasteiger partial charge in [0.15, 0.2) is 5.82 Å². The molecule has 2 aliphatic heterocycles. The molecular formula is C23H35N5O3. The Morgan fingerprint density at radius 2 is 1.87 bits per heavy atom. The summed E-state index contributed by atoms with van der Waals surface area (Å²) in [6.45, 7) is 7.98. The number of urea groups is 1. The lowest BCUT2D eigenvalue weighted by atomic mass is 9.82. The van der Waals surface area contributed by atoms with Crippen LogP contribution in [0, 0.1) is 5.92 Å². The van der Waals surface area contributed by atoms with Crippen molar-refractivity contribution in [1.29, 1.82) is 0 Å². The van der Waals surface area contributed by atoms with E-state index >= 15 is 0 Å². The minimum Gasteiger partial charge on any atom is -0.481 e. The topological polar surface area (TPSA) is 89.9 Å². The van der Waals surface area contributed by atoms with Crippen molar-refractivity contribution in [3.05, 3.63) is 17.6 Å². The van der Waals surface area contributed by atoms with Crippen molar-refractivity contribution < 1.29 is 14.7 Å². The minimum atomic E-state index is -0.717. The zero-order valence-corrected chi connectivity index (χ0v) is 18.8. The normalized spacial score (nSPS) is 27.3. The van der Waals surface area contributed by atoms with E-state index in [-0.39, 0.29) is 24.5 Å². The number of nitrogens with zero attached hydrogens (tertiary/aromatic N) is 5. The number of rotatable bonds is 6. The monoisotopic (exact) mass is 429 g/mol. The van der Waals surface area contributed by atoms with Crippen LogP contribution in [0.3, 0.4) is 0 Å². The molecule has 8 heteroatoms. The van der Waals surface area contributed by atoms with Gasteiger partial charge in [-0.1, -0.05) is 6.92 Å². The number of aliphatic carboxylic acids is 1. The van der Waals surface area contributed by atoms with E-state index < -0.39 is 5.97 Å². The number of amides is 2. The van der Waals surface area contributed by atoms with Gasteiger partial charge in [-0.05, 0) is 51.5 Å². The number of hydrogen-bond donors (Lipinski definition) is 1. The summed E-state index contributed by atoms with van der Waals surface area (Å²) in [4.78, 5) is 40.0. The molecule has 1 aliphatic carbocycles. The summed E-state index contributed by atoms with van der Waals surface area (Å²) in [5, 5.41) is 8.92. The molecule has 1 saturated carbocycles. The molecule has 31 heavy (non-hydrogen) atoms. The van der Waals surface area contributed by atoms with Crippen LogP contribution in [0.1, 0.15) is 63.8 Å². The van der Waals surface area contributed by atoms with E-state index in [0.717, 1.165) is 76.0 Å². The SMILES string of the molecule is CCN1CCc2ncc(N3CC(C)N(C4CCC(CCC(=O)O)CC4)C3=O)nc2CC1. The third-order valence-corrected chi connectivity index (χ3v) is 7.32. The van der Waals surface area contributed by atoms with Gasteiger partial charge in [-0.3, -0.25) is 14.7 Å². The first-order valence-electron chi connectivity index (χ1n) is 11.8. The summed E-state index contributed by atoms with van der Waals surface area (Å²) in [5.74, 6) is 0.429. The first kappa shape index (κ1) is 22.0. The van der Waals surface area contributed by atoms with Crippen LogP contribution in [0.25, 0.3) is 0 Å². The van der Waals surface area contributed by atoms with Gasteiger partial charge in [-0.25, -0.2) is 9.78 Å². The fourth-order valence-electron chi connectivity index (χ4n) is 5.44. The number of carbonyl (C=O) groups excluding carboxylic acids is 1. The van der Waals surface area contributed by atoms with E-state index in [0.29, 0.717) is 18.3 Å². The van der Waals surface area contributed by atoms with Crippen LogP contribution in [0.5, 0.6) is 0 Å². The van der Waals surface area contributed by atoms with Crippen LogP contribution in [-0.4, -0.2) is 75.1 Å². The quantitative estimate of drug-likeness (QED) is 0.748.